The van der Waals surface area contributed by atoms with E-state index in [1.54, 1.807) is 6.07 Å². The minimum atomic E-state index is -0.789. The quantitative estimate of drug-likeness (QED) is 0.625. The van der Waals surface area contributed by atoms with Crippen molar-refractivity contribution in [3.8, 4) is 6.07 Å². The largest absolute Gasteiger partial charge is 0.499 e. The summed E-state index contributed by atoms with van der Waals surface area (Å²) in [5.41, 5.74) is -0.0576. The van der Waals surface area contributed by atoms with Crippen molar-refractivity contribution in [2.75, 3.05) is 0 Å². The van der Waals surface area contributed by atoms with Crippen molar-refractivity contribution < 1.29 is 13.7 Å². The molecule has 0 aliphatic carbocycles. The molecule has 0 aromatic carbocycles. The molecule has 0 amide bonds. The summed E-state index contributed by atoms with van der Waals surface area (Å²) in [4.78, 5) is 3.68. The van der Waals surface area contributed by atoms with Crippen molar-refractivity contribution in [1.29, 1.82) is 5.26 Å². The van der Waals surface area contributed by atoms with Gasteiger partial charge in [0, 0.05) is 18.1 Å². The first kappa shape index (κ1) is 15.0. The number of hydrogen-bond acceptors (Lipinski definition) is 4. The number of nitriles is 1. The molecule has 20 heavy (non-hydrogen) atoms. The van der Waals surface area contributed by atoms with Gasteiger partial charge in [0.15, 0.2) is 0 Å². The maximum absolute atomic E-state index is 14.1. The van der Waals surface area contributed by atoms with E-state index in [9.17, 15) is 4.39 Å². The van der Waals surface area contributed by atoms with Crippen molar-refractivity contribution in [2.24, 2.45) is 0 Å². The van der Waals surface area contributed by atoms with Crippen LogP contribution in [-0.4, -0.2) is 23.3 Å². The molecule has 1 aliphatic heterocycles. The molecule has 2 rings (SSSR count). The molecule has 4 nitrogen and oxygen atoms in total. The highest BCUT2D eigenvalue weighted by atomic mass is 19.1. The number of halogens is 1. The Hall–Kier alpha value is -1.45. The van der Waals surface area contributed by atoms with E-state index in [1.807, 2.05) is 27.7 Å². The topological polar surface area (TPSA) is 55.1 Å². The third-order valence-electron chi connectivity index (χ3n) is 4.03. The zero-order chi connectivity index (χ0) is 15.0. The minimum Gasteiger partial charge on any atom is -0.399 e. The average Bonchev–Trinajstić information content (AvgIpc) is 2.55. The lowest BCUT2D eigenvalue weighted by molar-refractivity contribution is 0.00578. The molecule has 2 heterocycles. The third-order valence-corrected chi connectivity index (χ3v) is 4.03. The Bertz CT molecular complexity index is 539. The number of pyridine rings is 1. The summed E-state index contributed by atoms with van der Waals surface area (Å²) in [6.07, 6.45) is 2.17. The maximum Gasteiger partial charge on any atom is 0.499 e. The highest BCUT2D eigenvalue weighted by Crippen LogP contribution is 2.36. The van der Waals surface area contributed by atoms with Crippen molar-refractivity contribution in [3.63, 3.8) is 0 Å². The first-order valence-corrected chi connectivity index (χ1v) is 6.64. The van der Waals surface area contributed by atoms with Crippen molar-refractivity contribution in [1.82, 2.24) is 4.98 Å². The van der Waals surface area contributed by atoms with Gasteiger partial charge >= 0.3 is 7.12 Å². The van der Waals surface area contributed by atoms with Crippen molar-refractivity contribution in [2.45, 2.75) is 51.7 Å². The second-order valence-electron chi connectivity index (χ2n) is 5.92. The van der Waals surface area contributed by atoms with Crippen LogP contribution in [0.3, 0.4) is 0 Å². The fourth-order valence-electron chi connectivity index (χ4n) is 2.10. The van der Waals surface area contributed by atoms with E-state index >= 15 is 0 Å². The van der Waals surface area contributed by atoms with Gasteiger partial charge in [0.2, 0.25) is 5.95 Å². The van der Waals surface area contributed by atoms with E-state index in [1.165, 1.54) is 6.20 Å². The van der Waals surface area contributed by atoms with Gasteiger partial charge in [-0.15, -0.1) is 0 Å². The first-order chi connectivity index (χ1) is 9.28. The Morgan fingerprint density at radius 2 is 1.90 bits per heavy atom. The van der Waals surface area contributed by atoms with E-state index < -0.39 is 24.3 Å². The Morgan fingerprint density at radius 1 is 1.30 bits per heavy atom. The predicted molar refractivity (Wildman–Crippen MR) is 73.8 cm³/mol. The SMILES string of the molecule is CC1(C)OB(c2c(CCC#N)ccnc2F)OC1(C)C. The molecular formula is C14H18BFN2O2. The Kier molecular flexibility index (Phi) is 3.85. The van der Waals surface area contributed by atoms with Gasteiger partial charge in [-0.3, -0.25) is 0 Å². The molecule has 0 bridgehead atoms. The van der Waals surface area contributed by atoms with Gasteiger partial charge in [-0.25, -0.2) is 4.98 Å². The van der Waals surface area contributed by atoms with Crippen LogP contribution in [0.25, 0.3) is 0 Å². The zero-order valence-corrected chi connectivity index (χ0v) is 12.2. The molecule has 0 saturated carbocycles. The second-order valence-corrected chi connectivity index (χ2v) is 5.92. The highest BCUT2D eigenvalue weighted by Gasteiger charge is 2.53. The van der Waals surface area contributed by atoms with E-state index in [2.05, 4.69) is 11.1 Å². The minimum absolute atomic E-state index is 0.307. The van der Waals surface area contributed by atoms with Gasteiger partial charge in [-0.05, 0) is 45.7 Å². The standard InChI is InChI=1S/C14H18BFN2O2/c1-13(2)14(3,4)20-15(19-13)11-10(6-5-8-17)7-9-18-12(11)16/h7,9H,5-6H2,1-4H3. The molecule has 0 atom stereocenters. The highest BCUT2D eigenvalue weighted by molar-refractivity contribution is 6.62. The Balaban J connectivity index is 2.37. The molecule has 0 spiro atoms. The Labute approximate surface area is 119 Å². The predicted octanol–water partition coefficient (Wildman–Crippen LogP) is 1.98. The molecule has 0 radical (unpaired) electrons. The fraction of sp³-hybridized carbons (Fsp3) is 0.571. The van der Waals surface area contributed by atoms with E-state index in [4.69, 9.17) is 14.6 Å². The van der Waals surface area contributed by atoms with Crippen LogP contribution in [0.1, 0.15) is 39.7 Å². The second kappa shape index (κ2) is 5.15. The van der Waals surface area contributed by atoms with Crippen LogP contribution in [0.15, 0.2) is 12.3 Å². The summed E-state index contributed by atoms with van der Waals surface area (Å²) in [5.74, 6) is -0.598. The molecule has 0 unspecified atom stereocenters. The molecule has 1 saturated heterocycles. The average molecular weight is 276 g/mol. The first-order valence-electron chi connectivity index (χ1n) is 6.64. The number of nitrogens with zero attached hydrogens (tertiary/aromatic N) is 2. The molecular weight excluding hydrogens is 258 g/mol. The number of aryl methyl sites for hydroxylation is 1. The van der Waals surface area contributed by atoms with Gasteiger partial charge in [-0.2, -0.15) is 9.65 Å². The lowest BCUT2D eigenvalue weighted by Crippen LogP contribution is -2.41. The van der Waals surface area contributed by atoms with Gasteiger partial charge in [0.25, 0.3) is 0 Å². The Morgan fingerprint density at radius 3 is 2.45 bits per heavy atom. The van der Waals surface area contributed by atoms with Crippen LogP contribution in [0.5, 0.6) is 0 Å². The number of rotatable bonds is 3. The van der Waals surface area contributed by atoms with Crippen LogP contribution < -0.4 is 5.46 Å². The van der Waals surface area contributed by atoms with E-state index in [-0.39, 0.29) is 0 Å². The lowest BCUT2D eigenvalue weighted by Gasteiger charge is -2.32. The summed E-state index contributed by atoms with van der Waals surface area (Å²) < 4.78 is 25.8. The maximum atomic E-state index is 14.1. The van der Waals surface area contributed by atoms with Crippen LogP contribution in [0.2, 0.25) is 0 Å². The molecule has 0 N–H and O–H groups in total. The molecule has 1 aromatic rings. The lowest BCUT2D eigenvalue weighted by atomic mass is 9.76. The monoisotopic (exact) mass is 276 g/mol. The smallest absolute Gasteiger partial charge is 0.399 e. The summed E-state index contributed by atoms with van der Waals surface area (Å²) in [5, 5.41) is 8.70. The summed E-state index contributed by atoms with van der Waals surface area (Å²) in [6, 6.07) is 3.77. The molecule has 6 heteroatoms. The van der Waals surface area contributed by atoms with E-state index in [0.29, 0.717) is 23.9 Å². The molecule has 1 aromatic heterocycles. The van der Waals surface area contributed by atoms with Crippen molar-refractivity contribution in [3.05, 3.63) is 23.8 Å². The van der Waals surface area contributed by atoms with Crippen LogP contribution >= 0.6 is 0 Å². The molecule has 106 valence electrons. The number of aromatic nitrogens is 1. The molecule has 1 fully saturated rings. The van der Waals surface area contributed by atoms with Gasteiger partial charge in [0.05, 0.1) is 17.3 Å². The van der Waals surface area contributed by atoms with Crippen molar-refractivity contribution >= 4 is 12.6 Å². The van der Waals surface area contributed by atoms with Gasteiger partial charge in [-0.1, -0.05) is 0 Å². The third kappa shape index (κ3) is 2.56. The molecule has 1 aliphatic rings. The fourth-order valence-corrected chi connectivity index (χ4v) is 2.10. The van der Waals surface area contributed by atoms with E-state index in [0.717, 1.165) is 0 Å². The van der Waals surface area contributed by atoms with Crippen LogP contribution in [-0.2, 0) is 15.7 Å². The normalized spacial score (nSPS) is 19.9. The summed E-state index contributed by atoms with van der Waals surface area (Å²) in [6.45, 7) is 7.65. The van der Waals surface area contributed by atoms with Crippen LogP contribution in [0.4, 0.5) is 4.39 Å². The zero-order valence-electron chi connectivity index (χ0n) is 12.2. The van der Waals surface area contributed by atoms with Crippen LogP contribution in [0, 0.1) is 17.3 Å². The van der Waals surface area contributed by atoms with Gasteiger partial charge in [0.1, 0.15) is 0 Å². The number of hydrogen-bond donors (Lipinski definition) is 0. The summed E-state index contributed by atoms with van der Waals surface area (Å²) in [7, 11) is -0.789. The summed E-state index contributed by atoms with van der Waals surface area (Å²) >= 11 is 0. The van der Waals surface area contributed by atoms with Gasteiger partial charge < -0.3 is 9.31 Å².